The second-order valence-electron chi connectivity index (χ2n) is 2.25. The molecule has 0 N–H and O–H groups in total. The molecule has 1 aromatic rings. The maximum absolute atomic E-state index is 5.34. The Bertz CT molecular complexity index is 273. The Morgan fingerprint density at radius 3 is 2.67 bits per heavy atom. The van der Waals surface area contributed by atoms with Gasteiger partial charge in [-0.3, -0.25) is 0 Å². The molecule has 0 unspecified atom stereocenters. The first kappa shape index (κ1) is 11.9. The van der Waals surface area contributed by atoms with Gasteiger partial charge in [0.1, 0.15) is 12.4 Å². The van der Waals surface area contributed by atoms with Crippen molar-refractivity contribution in [2.45, 2.75) is 0 Å². The Morgan fingerprint density at radius 1 is 1.17 bits per heavy atom. The summed E-state index contributed by atoms with van der Waals surface area (Å²) in [6.07, 6.45) is 4.10. The van der Waals surface area contributed by atoms with Crippen LogP contribution >= 0.6 is 0 Å². The molecule has 3 heteroatoms. The quantitative estimate of drug-likeness (QED) is 0.599. The van der Waals surface area contributed by atoms with Crippen LogP contribution in [0.15, 0.2) is 30.3 Å². The van der Waals surface area contributed by atoms with E-state index in [4.69, 9.17) is 4.74 Å². The molecule has 1 aliphatic rings. The van der Waals surface area contributed by atoms with Crippen molar-refractivity contribution in [3.8, 4) is 5.75 Å². The van der Waals surface area contributed by atoms with Crippen molar-refractivity contribution < 1.29 is 24.2 Å². The summed E-state index contributed by atoms with van der Waals surface area (Å²) in [5.41, 5.74) is 1.17. The van der Waals surface area contributed by atoms with Crippen LogP contribution in [0.1, 0.15) is 5.56 Å². The van der Waals surface area contributed by atoms with Crippen molar-refractivity contribution in [3.63, 3.8) is 0 Å². The van der Waals surface area contributed by atoms with Gasteiger partial charge in [-0.2, -0.15) is 0 Å². The molecule has 0 spiro atoms. The molecule has 2 rings (SSSR count). The predicted octanol–water partition coefficient (Wildman–Crippen LogP) is 0.906. The molecule has 0 amide bonds. The first-order valence-corrected chi connectivity index (χ1v) is 3.35. The monoisotopic (exact) mass is 226 g/mol. The zero-order valence-electron chi connectivity index (χ0n) is 6.29. The molecule has 0 fully saturated rings. The van der Waals surface area contributed by atoms with Crippen molar-refractivity contribution in [1.29, 1.82) is 0 Å². The molecule has 1 aliphatic heterocycles. The molecule has 0 saturated heterocycles. The fourth-order valence-corrected chi connectivity index (χ4v) is 1.06. The number of benzene rings is 1. The molecular formula is C9H11AlOZn. The van der Waals surface area contributed by atoms with Crippen LogP contribution in [0.4, 0.5) is 0 Å². The summed E-state index contributed by atoms with van der Waals surface area (Å²) < 4.78 is 5.34. The van der Waals surface area contributed by atoms with Gasteiger partial charge in [0, 0.05) is 25.0 Å². The summed E-state index contributed by atoms with van der Waals surface area (Å²) in [6.45, 7) is 0.705. The number of hydrogen-bond acceptors (Lipinski definition) is 1. The molecule has 1 heterocycles. The van der Waals surface area contributed by atoms with E-state index in [9.17, 15) is 0 Å². The van der Waals surface area contributed by atoms with Gasteiger partial charge in [-0.15, -0.1) is 0 Å². The third-order valence-corrected chi connectivity index (χ3v) is 1.55. The second kappa shape index (κ2) is 5.54. The predicted molar refractivity (Wildman–Crippen MR) is 50.9 cm³/mol. The van der Waals surface area contributed by atoms with Crippen LogP contribution in [-0.4, -0.2) is 24.0 Å². The van der Waals surface area contributed by atoms with Gasteiger partial charge in [-0.1, -0.05) is 24.3 Å². The van der Waals surface area contributed by atoms with Crippen LogP contribution in [0.25, 0.3) is 6.08 Å². The van der Waals surface area contributed by atoms with E-state index in [1.54, 1.807) is 0 Å². The van der Waals surface area contributed by atoms with Gasteiger partial charge < -0.3 is 4.74 Å². The van der Waals surface area contributed by atoms with Crippen molar-refractivity contribution in [2.24, 2.45) is 0 Å². The van der Waals surface area contributed by atoms with E-state index in [2.05, 4.69) is 6.08 Å². The largest absolute Gasteiger partial charge is 0.489 e. The van der Waals surface area contributed by atoms with E-state index >= 15 is 0 Å². The van der Waals surface area contributed by atoms with Crippen molar-refractivity contribution >= 4 is 23.4 Å². The zero-order valence-corrected chi connectivity index (χ0v) is 9.25. The van der Waals surface area contributed by atoms with Crippen LogP contribution in [0.3, 0.4) is 0 Å². The maximum atomic E-state index is 5.34. The molecule has 0 aliphatic carbocycles. The first-order chi connectivity index (χ1) is 4.97. The molecule has 1 aromatic carbocycles. The number of ether oxygens (including phenoxy) is 1. The fraction of sp³-hybridized carbons (Fsp3) is 0.111. The smallest absolute Gasteiger partial charge is 0.187 e. The van der Waals surface area contributed by atoms with Crippen LogP contribution in [0, 0.1) is 0 Å². The summed E-state index contributed by atoms with van der Waals surface area (Å²) in [4.78, 5) is 0. The Labute approximate surface area is 95.7 Å². The van der Waals surface area contributed by atoms with E-state index in [0.717, 1.165) is 5.75 Å². The molecule has 0 aromatic heterocycles. The summed E-state index contributed by atoms with van der Waals surface area (Å²) in [5.74, 6) is 0.991. The number of hydrogen-bond donors (Lipinski definition) is 0. The van der Waals surface area contributed by atoms with Crippen molar-refractivity contribution in [2.75, 3.05) is 6.61 Å². The molecule has 58 valence electrons. The fourth-order valence-electron chi connectivity index (χ4n) is 1.06. The number of para-hydroxylation sites is 1. The summed E-state index contributed by atoms with van der Waals surface area (Å²) in [6, 6.07) is 8.03. The van der Waals surface area contributed by atoms with Gasteiger partial charge in [0.15, 0.2) is 17.4 Å². The van der Waals surface area contributed by atoms with Crippen LogP contribution in [-0.2, 0) is 19.5 Å². The maximum Gasteiger partial charge on any atom is 0.187 e. The van der Waals surface area contributed by atoms with Gasteiger partial charge >= 0.3 is 0 Å². The van der Waals surface area contributed by atoms with Gasteiger partial charge in [0.2, 0.25) is 0 Å². The van der Waals surface area contributed by atoms with E-state index in [0.29, 0.717) is 6.61 Å². The molecular weight excluding hydrogens is 216 g/mol. The van der Waals surface area contributed by atoms with Gasteiger partial charge in [0.25, 0.3) is 0 Å². The molecule has 0 atom stereocenters. The Balaban J connectivity index is 0.000000605. The summed E-state index contributed by atoms with van der Waals surface area (Å²) in [5, 5.41) is 0. The zero-order chi connectivity index (χ0) is 6.81. The Kier molecular flexibility index (Phi) is 5.50. The van der Waals surface area contributed by atoms with Gasteiger partial charge in [-0.25, -0.2) is 0 Å². The molecule has 0 bridgehead atoms. The van der Waals surface area contributed by atoms with Gasteiger partial charge in [0.05, 0.1) is 0 Å². The number of rotatable bonds is 0. The molecule has 0 saturated carbocycles. The second-order valence-corrected chi connectivity index (χ2v) is 2.25. The minimum Gasteiger partial charge on any atom is -0.489 e. The van der Waals surface area contributed by atoms with Crippen LogP contribution in [0.2, 0.25) is 0 Å². The first-order valence-electron chi connectivity index (χ1n) is 3.35. The average Bonchev–Trinajstić information content (AvgIpc) is 2.05. The summed E-state index contributed by atoms with van der Waals surface area (Å²) >= 11 is 0. The normalized spacial score (nSPS) is 11.7. The van der Waals surface area contributed by atoms with E-state index < -0.39 is 0 Å². The van der Waals surface area contributed by atoms with Crippen molar-refractivity contribution in [1.82, 2.24) is 0 Å². The third kappa shape index (κ3) is 2.46. The van der Waals surface area contributed by atoms with Crippen LogP contribution < -0.4 is 4.74 Å². The summed E-state index contributed by atoms with van der Waals surface area (Å²) in [7, 11) is 0. The molecule has 0 radical (unpaired) electrons. The third-order valence-electron chi connectivity index (χ3n) is 1.55. The molecule has 12 heavy (non-hydrogen) atoms. The average molecular weight is 228 g/mol. The topological polar surface area (TPSA) is 9.23 Å². The van der Waals surface area contributed by atoms with Crippen LogP contribution in [0.5, 0.6) is 5.75 Å². The number of fused-ring (bicyclic) bond motifs is 1. The standard InChI is InChI=1S/C9H8O.Al.Zn.3H/c1-2-6-9-8(4-1)5-3-7-10-9;;;;;/h1-6H,7H2;;;;;. The van der Waals surface area contributed by atoms with E-state index in [1.165, 1.54) is 5.56 Å². The Hall–Kier alpha value is -0.0842. The SMILES string of the molecule is C1=Cc2ccccc2OC1.[AlH3].[Zn]. The van der Waals surface area contributed by atoms with E-state index in [-0.39, 0.29) is 36.8 Å². The minimum atomic E-state index is 0. The van der Waals surface area contributed by atoms with Gasteiger partial charge in [-0.05, 0) is 12.1 Å². The Morgan fingerprint density at radius 2 is 1.92 bits per heavy atom. The minimum absolute atomic E-state index is 0. The van der Waals surface area contributed by atoms with Crippen molar-refractivity contribution in [3.05, 3.63) is 35.9 Å². The molecule has 1 nitrogen and oxygen atoms in total. The van der Waals surface area contributed by atoms with E-state index in [1.807, 2.05) is 30.3 Å².